The van der Waals surface area contributed by atoms with E-state index in [1.807, 2.05) is 6.92 Å². The molecule has 0 unspecified atom stereocenters. The summed E-state index contributed by atoms with van der Waals surface area (Å²) in [6.07, 6.45) is 1.69. The van der Waals surface area contributed by atoms with Gasteiger partial charge in [-0.2, -0.15) is 0 Å². The third-order valence-corrected chi connectivity index (χ3v) is 6.50. The van der Waals surface area contributed by atoms with Gasteiger partial charge < -0.3 is 4.74 Å². The Morgan fingerprint density at radius 1 is 1.31 bits per heavy atom. The fourth-order valence-corrected chi connectivity index (χ4v) is 5.19. The Kier molecular flexibility index (Phi) is 5.09. The molecule has 3 rings (SSSR count). The number of benzene rings is 1. The van der Waals surface area contributed by atoms with Gasteiger partial charge in [0.25, 0.3) is 0 Å². The fourth-order valence-electron chi connectivity index (χ4n) is 2.99. The molecule has 0 bridgehead atoms. The largest absolute Gasteiger partial charge is 0.453 e. The van der Waals surface area contributed by atoms with Gasteiger partial charge in [-0.15, -0.1) is 11.3 Å². The lowest BCUT2D eigenvalue weighted by Gasteiger charge is -2.21. The first kappa shape index (κ1) is 18.9. The van der Waals surface area contributed by atoms with Crippen LogP contribution in [0.25, 0.3) is 0 Å². The van der Waals surface area contributed by atoms with Gasteiger partial charge in [0.15, 0.2) is 12.4 Å². The Morgan fingerprint density at radius 2 is 2.04 bits per heavy atom. The minimum atomic E-state index is -3.38. The smallest absolute Gasteiger partial charge is 0.348 e. The number of nitrogens with zero attached hydrogens (tertiary/aromatic N) is 1. The first-order valence-electron chi connectivity index (χ1n) is 7.75. The number of sulfonamides is 1. The number of thiophene rings is 1. The number of carbonyl (C=O) groups is 2. The summed E-state index contributed by atoms with van der Waals surface area (Å²) in [5.74, 6) is -0.956. The fraction of sp³-hybridized carbons (Fsp3) is 0.294. The van der Waals surface area contributed by atoms with Crippen LogP contribution < -0.4 is 4.31 Å². The maximum atomic E-state index is 12.3. The van der Waals surface area contributed by atoms with Gasteiger partial charge in [-0.25, -0.2) is 13.2 Å². The molecule has 6 nitrogen and oxygen atoms in total. The third kappa shape index (κ3) is 3.77. The van der Waals surface area contributed by atoms with E-state index in [4.69, 9.17) is 16.3 Å². The van der Waals surface area contributed by atoms with Crippen LogP contribution in [0.4, 0.5) is 5.69 Å². The first-order valence-corrected chi connectivity index (χ1v) is 10.8. The van der Waals surface area contributed by atoms with Gasteiger partial charge in [0.2, 0.25) is 10.0 Å². The van der Waals surface area contributed by atoms with Gasteiger partial charge in [-0.3, -0.25) is 9.10 Å². The topological polar surface area (TPSA) is 80.8 Å². The number of rotatable bonds is 5. The van der Waals surface area contributed by atoms with Crippen molar-refractivity contribution in [2.24, 2.45) is 0 Å². The lowest BCUT2D eigenvalue weighted by molar-refractivity contribution is 0.0479. The van der Waals surface area contributed by atoms with Crippen molar-refractivity contribution in [2.45, 2.75) is 19.4 Å². The SMILES string of the molecule is C[C@H]1Cc2cc(C(=O)COC(=O)c3ccc(Cl)s3)ccc2N1S(C)(=O)=O. The Balaban J connectivity index is 1.72. The minimum Gasteiger partial charge on any atom is -0.453 e. The molecule has 26 heavy (non-hydrogen) atoms. The van der Waals surface area contributed by atoms with Crippen molar-refractivity contribution in [3.63, 3.8) is 0 Å². The van der Waals surface area contributed by atoms with Crippen molar-refractivity contribution in [1.82, 2.24) is 0 Å². The third-order valence-electron chi connectivity index (χ3n) is 4.02. The number of anilines is 1. The average Bonchev–Trinajstić information content (AvgIpc) is 3.13. The van der Waals surface area contributed by atoms with E-state index in [2.05, 4.69) is 0 Å². The number of halogens is 1. The maximum Gasteiger partial charge on any atom is 0.348 e. The molecule has 0 N–H and O–H groups in total. The van der Waals surface area contributed by atoms with Gasteiger partial charge in [-0.05, 0) is 49.2 Å². The molecule has 1 atom stereocenters. The molecule has 2 aromatic rings. The molecule has 1 aromatic carbocycles. The second-order valence-corrected chi connectivity index (χ2v) is 9.63. The van der Waals surface area contributed by atoms with Crippen molar-refractivity contribution < 1.29 is 22.7 Å². The normalized spacial score (nSPS) is 16.4. The number of ether oxygens (including phenoxy) is 1. The van der Waals surface area contributed by atoms with E-state index in [0.29, 0.717) is 26.9 Å². The lowest BCUT2D eigenvalue weighted by Crippen LogP contribution is -2.34. The highest BCUT2D eigenvalue weighted by atomic mass is 35.5. The summed E-state index contributed by atoms with van der Waals surface area (Å²) in [5, 5.41) is 0. The number of hydrogen-bond donors (Lipinski definition) is 0. The van der Waals surface area contributed by atoms with Gasteiger partial charge in [0.05, 0.1) is 16.3 Å². The zero-order valence-electron chi connectivity index (χ0n) is 14.1. The molecule has 0 amide bonds. The lowest BCUT2D eigenvalue weighted by atomic mass is 10.0. The van der Waals surface area contributed by atoms with Crippen LogP contribution in [0.1, 0.15) is 32.5 Å². The standard InChI is InChI=1S/C17H16ClNO5S2/c1-10-7-12-8-11(3-4-13(12)19(10)26(2,22)23)14(20)9-24-17(21)15-5-6-16(18)25-15/h3-6,8,10H,7,9H2,1-2H3/t10-/m0/s1. The molecule has 0 radical (unpaired) electrons. The minimum absolute atomic E-state index is 0.202. The van der Waals surface area contributed by atoms with Crippen LogP contribution in [0.3, 0.4) is 0 Å². The summed E-state index contributed by atoms with van der Waals surface area (Å²) >= 11 is 6.85. The molecule has 1 aliphatic rings. The molecular weight excluding hydrogens is 398 g/mol. The van der Waals surface area contributed by atoms with E-state index in [9.17, 15) is 18.0 Å². The van der Waals surface area contributed by atoms with E-state index in [0.717, 1.165) is 23.2 Å². The van der Waals surface area contributed by atoms with Gasteiger partial charge in [-0.1, -0.05) is 11.6 Å². The zero-order chi connectivity index (χ0) is 19.1. The summed E-state index contributed by atoms with van der Waals surface area (Å²) in [4.78, 5) is 24.5. The van der Waals surface area contributed by atoms with Crippen molar-refractivity contribution in [1.29, 1.82) is 0 Å². The highest BCUT2D eigenvalue weighted by Gasteiger charge is 2.32. The van der Waals surface area contributed by atoms with Gasteiger partial charge in [0, 0.05) is 11.6 Å². The van der Waals surface area contributed by atoms with E-state index < -0.39 is 22.6 Å². The molecule has 9 heteroatoms. The predicted octanol–water partition coefficient (Wildman–Crippen LogP) is 3.15. The average molecular weight is 414 g/mol. The summed E-state index contributed by atoms with van der Waals surface area (Å²) in [6, 6.07) is 7.75. The Morgan fingerprint density at radius 3 is 2.65 bits per heavy atom. The van der Waals surface area contributed by atoms with Gasteiger partial charge >= 0.3 is 5.97 Å². The molecular formula is C17H16ClNO5S2. The maximum absolute atomic E-state index is 12.3. The van der Waals surface area contributed by atoms with Crippen molar-refractivity contribution in [2.75, 3.05) is 17.2 Å². The monoisotopic (exact) mass is 413 g/mol. The zero-order valence-corrected chi connectivity index (χ0v) is 16.5. The first-order chi connectivity index (χ1) is 12.2. The van der Waals surface area contributed by atoms with Crippen LogP contribution in [-0.2, 0) is 21.2 Å². The molecule has 0 spiro atoms. The van der Waals surface area contributed by atoms with Crippen LogP contribution in [0.5, 0.6) is 0 Å². The van der Waals surface area contributed by atoms with E-state index in [-0.39, 0.29) is 11.8 Å². The second-order valence-electron chi connectivity index (χ2n) is 6.06. The van der Waals surface area contributed by atoms with Crippen molar-refractivity contribution in [3.05, 3.63) is 50.7 Å². The number of hydrogen-bond acceptors (Lipinski definition) is 6. The molecule has 0 aliphatic carbocycles. The van der Waals surface area contributed by atoms with E-state index >= 15 is 0 Å². The number of carbonyl (C=O) groups excluding carboxylic acids is 2. The summed E-state index contributed by atoms with van der Waals surface area (Å²) in [5.41, 5.74) is 1.75. The molecule has 1 aliphatic heterocycles. The Bertz CT molecular complexity index is 983. The van der Waals surface area contributed by atoms with Crippen LogP contribution in [0.2, 0.25) is 4.34 Å². The number of ketones is 1. The predicted molar refractivity (Wildman–Crippen MR) is 101 cm³/mol. The number of fused-ring (bicyclic) bond motifs is 1. The van der Waals surface area contributed by atoms with Crippen LogP contribution in [0.15, 0.2) is 30.3 Å². The summed E-state index contributed by atoms with van der Waals surface area (Å²) < 4.78 is 30.7. The Hall–Kier alpha value is -1.90. The van der Waals surface area contributed by atoms with E-state index in [1.165, 1.54) is 10.4 Å². The second kappa shape index (κ2) is 7.02. The molecule has 0 saturated carbocycles. The van der Waals surface area contributed by atoms with E-state index in [1.54, 1.807) is 24.3 Å². The molecule has 0 saturated heterocycles. The number of Topliss-reactive ketones (excluding diaryl/α,β-unsaturated/α-hetero) is 1. The van der Waals surface area contributed by atoms with Gasteiger partial charge in [0.1, 0.15) is 4.88 Å². The molecule has 0 fully saturated rings. The van der Waals surface area contributed by atoms with Crippen LogP contribution in [0, 0.1) is 0 Å². The molecule has 1 aromatic heterocycles. The van der Waals surface area contributed by atoms with Crippen LogP contribution in [-0.4, -0.2) is 39.1 Å². The highest BCUT2D eigenvalue weighted by Crippen LogP contribution is 2.34. The molecule has 138 valence electrons. The highest BCUT2D eigenvalue weighted by molar-refractivity contribution is 7.92. The molecule has 2 heterocycles. The van der Waals surface area contributed by atoms with Crippen molar-refractivity contribution in [3.8, 4) is 0 Å². The summed E-state index contributed by atoms with van der Waals surface area (Å²) in [6.45, 7) is 1.43. The number of esters is 1. The Labute approximate surface area is 160 Å². The quantitative estimate of drug-likeness (QED) is 0.555. The van der Waals surface area contributed by atoms with Crippen molar-refractivity contribution >= 4 is 50.4 Å². The summed E-state index contributed by atoms with van der Waals surface area (Å²) in [7, 11) is -3.38. The van der Waals surface area contributed by atoms with Crippen LogP contribution >= 0.6 is 22.9 Å².